The molecule has 10 heteroatoms. The van der Waals surface area contributed by atoms with Crippen LogP contribution in [0.5, 0.6) is 0 Å². The van der Waals surface area contributed by atoms with E-state index in [1.807, 2.05) is 13.8 Å². The number of carbonyl (C=O) groups excluding carboxylic acids is 1. The van der Waals surface area contributed by atoms with E-state index in [1.54, 1.807) is 41.5 Å². The average molecular weight is 410 g/mol. The molecule has 0 fully saturated rings. The van der Waals surface area contributed by atoms with Crippen LogP contribution in [0.2, 0.25) is 0 Å². The highest BCUT2D eigenvalue weighted by atomic mass is 31.2. The lowest BCUT2D eigenvalue weighted by atomic mass is 9.87. The molecule has 27 heavy (non-hydrogen) atoms. The molecule has 0 aliphatic carbocycles. The summed E-state index contributed by atoms with van der Waals surface area (Å²) >= 11 is 0. The van der Waals surface area contributed by atoms with Gasteiger partial charge in [-0.2, -0.15) is 0 Å². The number of oxime groups is 1. The van der Waals surface area contributed by atoms with Gasteiger partial charge in [-0.05, 0) is 41.5 Å². The van der Waals surface area contributed by atoms with E-state index < -0.39 is 30.8 Å². The molecule has 2 atom stereocenters. The van der Waals surface area contributed by atoms with Gasteiger partial charge in [0.15, 0.2) is 0 Å². The van der Waals surface area contributed by atoms with E-state index >= 15 is 0 Å². The fourth-order valence-electron chi connectivity index (χ4n) is 1.76. The first-order valence-corrected chi connectivity index (χ1v) is 10.4. The second-order valence-electron chi connectivity index (χ2n) is 8.36. The van der Waals surface area contributed by atoms with Crippen molar-refractivity contribution in [2.45, 2.75) is 79.6 Å². The van der Waals surface area contributed by atoms with Crippen molar-refractivity contribution in [3.05, 3.63) is 0 Å². The number of carbonyl (C=O) groups is 1. The molecule has 0 aromatic heterocycles. The fraction of sp³-hybridized carbons (Fsp3) is 0.882. The number of aliphatic hydroxyl groups excluding tert-OH is 1. The standard InChI is InChI=1S/C17H35N2O7P/c1-12(2)25-19-13(3)9-10-18-15(21)14(20)17(7,8)11-24-27(22,23)26-16(4,5)6/h12,14,20H,9-11H2,1-8H3,(H,18,21)(H,22,23)/b19-13+/t14-/m1/s1. The third-order valence-corrected chi connectivity index (χ3v) is 4.42. The summed E-state index contributed by atoms with van der Waals surface area (Å²) < 4.78 is 21.9. The molecule has 0 spiro atoms. The molecule has 0 aliphatic heterocycles. The van der Waals surface area contributed by atoms with Gasteiger partial charge in [0, 0.05) is 18.4 Å². The molecule has 1 unspecified atom stereocenters. The molecule has 0 radical (unpaired) electrons. The minimum absolute atomic E-state index is 0.0260. The Labute approximate surface area is 162 Å². The summed E-state index contributed by atoms with van der Waals surface area (Å²) in [7, 11) is -4.30. The summed E-state index contributed by atoms with van der Waals surface area (Å²) in [5, 5.41) is 16.8. The first-order valence-electron chi connectivity index (χ1n) is 8.89. The maximum absolute atomic E-state index is 12.1. The minimum Gasteiger partial charge on any atom is -0.393 e. The first kappa shape index (κ1) is 26.0. The molecule has 0 bridgehead atoms. The van der Waals surface area contributed by atoms with Gasteiger partial charge in [-0.1, -0.05) is 19.0 Å². The Morgan fingerprint density at radius 2 is 1.78 bits per heavy atom. The molecule has 0 saturated heterocycles. The predicted octanol–water partition coefficient (Wildman–Crippen LogP) is 2.61. The van der Waals surface area contributed by atoms with Crippen LogP contribution in [0.4, 0.5) is 0 Å². The highest BCUT2D eigenvalue weighted by Gasteiger charge is 2.37. The molecule has 0 rings (SSSR count). The van der Waals surface area contributed by atoms with E-state index in [-0.39, 0.29) is 19.3 Å². The van der Waals surface area contributed by atoms with Gasteiger partial charge in [0.1, 0.15) is 12.2 Å². The van der Waals surface area contributed by atoms with E-state index in [4.69, 9.17) is 13.9 Å². The second kappa shape index (κ2) is 10.5. The molecule has 0 aliphatic rings. The highest BCUT2D eigenvalue weighted by Crippen LogP contribution is 2.48. The lowest BCUT2D eigenvalue weighted by Crippen LogP contribution is -2.46. The SMILES string of the molecule is C/C(CCNC(=O)[C@@H](O)C(C)(C)COP(=O)(O)OC(C)(C)C)=N\OC(C)C. The third-order valence-electron chi connectivity index (χ3n) is 3.18. The zero-order chi connectivity index (χ0) is 21.5. The number of rotatable bonds is 11. The van der Waals surface area contributed by atoms with Crippen LogP contribution in [0.25, 0.3) is 0 Å². The Morgan fingerprint density at radius 3 is 2.26 bits per heavy atom. The summed E-state index contributed by atoms with van der Waals surface area (Å²) in [6.45, 7) is 13.4. The summed E-state index contributed by atoms with van der Waals surface area (Å²) in [5.41, 5.74) is -1.27. The van der Waals surface area contributed by atoms with Gasteiger partial charge < -0.3 is 20.2 Å². The molecule has 0 aromatic carbocycles. The van der Waals surface area contributed by atoms with E-state index in [0.29, 0.717) is 12.1 Å². The van der Waals surface area contributed by atoms with E-state index in [0.717, 1.165) is 0 Å². The van der Waals surface area contributed by atoms with Crippen molar-refractivity contribution in [2.75, 3.05) is 13.2 Å². The van der Waals surface area contributed by atoms with Gasteiger partial charge >= 0.3 is 7.82 Å². The smallest absolute Gasteiger partial charge is 0.393 e. The van der Waals surface area contributed by atoms with Crippen molar-refractivity contribution in [3.8, 4) is 0 Å². The molecule has 3 N–H and O–H groups in total. The summed E-state index contributed by atoms with van der Waals surface area (Å²) in [6.07, 6.45) is -0.994. The Hall–Kier alpha value is -0.990. The van der Waals surface area contributed by atoms with Crippen LogP contribution in [0, 0.1) is 5.41 Å². The number of hydrogen-bond donors (Lipinski definition) is 3. The Balaban J connectivity index is 4.55. The molecule has 160 valence electrons. The van der Waals surface area contributed by atoms with E-state index in [1.165, 1.54) is 0 Å². The number of hydrogen-bond acceptors (Lipinski definition) is 7. The van der Waals surface area contributed by atoms with Gasteiger partial charge in [0.25, 0.3) is 0 Å². The zero-order valence-corrected chi connectivity index (χ0v) is 18.5. The van der Waals surface area contributed by atoms with Crippen molar-refractivity contribution in [2.24, 2.45) is 10.6 Å². The maximum atomic E-state index is 12.1. The van der Waals surface area contributed by atoms with Crippen LogP contribution < -0.4 is 5.32 Å². The summed E-state index contributed by atoms with van der Waals surface area (Å²) in [4.78, 5) is 27.0. The molecule has 0 heterocycles. The minimum atomic E-state index is -4.30. The molecular weight excluding hydrogens is 375 g/mol. The Kier molecular flexibility index (Phi) is 10.1. The number of aliphatic hydroxyl groups is 1. The topological polar surface area (TPSA) is 127 Å². The van der Waals surface area contributed by atoms with E-state index in [9.17, 15) is 19.4 Å². The zero-order valence-electron chi connectivity index (χ0n) is 17.6. The quantitative estimate of drug-likeness (QED) is 0.271. The van der Waals surface area contributed by atoms with Crippen molar-refractivity contribution in [3.63, 3.8) is 0 Å². The van der Waals surface area contributed by atoms with Gasteiger partial charge in [0.2, 0.25) is 5.91 Å². The molecule has 0 aromatic rings. The summed E-state index contributed by atoms with van der Waals surface area (Å²) in [5.74, 6) is -0.606. The lowest BCUT2D eigenvalue weighted by Gasteiger charge is -2.31. The van der Waals surface area contributed by atoms with E-state index in [2.05, 4.69) is 10.5 Å². The van der Waals surface area contributed by atoms with Crippen LogP contribution >= 0.6 is 7.82 Å². The maximum Gasteiger partial charge on any atom is 0.472 e. The number of amides is 1. The number of phosphoric ester groups is 1. The van der Waals surface area contributed by atoms with Gasteiger partial charge in [0.05, 0.1) is 17.9 Å². The van der Waals surface area contributed by atoms with Crippen molar-refractivity contribution >= 4 is 19.4 Å². The average Bonchev–Trinajstić information content (AvgIpc) is 2.48. The monoisotopic (exact) mass is 410 g/mol. The van der Waals surface area contributed by atoms with Crippen molar-refractivity contribution < 1.29 is 33.2 Å². The molecule has 0 saturated carbocycles. The summed E-state index contributed by atoms with van der Waals surface area (Å²) in [6, 6.07) is 0. The third kappa shape index (κ3) is 12.2. The van der Waals surface area contributed by atoms with Crippen LogP contribution in [0.3, 0.4) is 0 Å². The largest absolute Gasteiger partial charge is 0.472 e. The van der Waals surface area contributed by atoms with Crippen LogP contribution in [0.1, 0.15) is 61.8 Å². The fourth-order valence-corrected chi connectivity index (χ4v) is 3.00. The number of nitrogens with one attached hydrogen (secondary N) is 1. The highest BCUT2D eigenvalue weighted by molar-refractivity contribution is 7.47. The predicted molar refractivity (Wildman–Crippen MR) is 103 cm³/mol. The van der Waals surface area contributed by atoms with Crippen LogP contribution in [-0.2, 0) is 23.2 Å². The molecule has 9 nitrogen and oxygen atoms in total. The molecular formula is C17H35N2O7P. The number of phosphoric acid groups is 1. The molecule has 1 amide bonds. The van der Waals surface area contributed by atoms with Gasteiger partial charge in [-0.15, -0.1) is 0 Å². The van der Waals surface area contributed by atoms with Crippen LogP contribution in [-0.4, -0.2) is 52.6 Å². The van der Waals surface area contributed by atoms with Crippen molar-refractivity contribution in [1.82, 2.24) is 5.32 Å². The van der Waals surface area contributed by atoms with Gasteiger partial charge in [-0.25, -0.2) is 4.57 Å². The van der Waals surface area contributed by atoms with Crippen LogP contribution in [0.15, 0.2) is 5.16 Å². The Bertz CT molecular complexity index is 556. The second-order valence-corrected chi connectivity index (χ2v) is 9.74. The normalized spacial score (nSPS) is 16.8. The lowest BCUT2D eigenvalue weighted by molar-refractivity contribution is -0.137. The van der Waals surface area contributed by atoms with Crippen molar-refractivity contribution in [1.29, 1.82) is 0 Å². The first-order chi connectivity index (χ1) is 12.1. The van der Waals surface area contributed by atoms with Gasteiger partial charge in [-0.3, -0.25) is 13.8 Å². The Morgan fingerprint density at radius 1 is 1.22 bits per heavy atom. The number of nitrogens with zero attached hydrogens (tertiary/aromatic N) is 1.